The third-order valence-corrected chi connectivity index (χ3v) is 6.44. The molecule has 3 aromatic rings. The monoisotopic (exact) mass is 529 g/mol. The molecule has 1 fully saturated rings. The van der Waals surface area contributed by atoms with E-state index in [0.717, 1.165) is 5.56 Å². The first kappa shape index (κ1) is 27.4. The summed E-state index contributed by atoms with van der Waals surface area (Å²) in [6, 6.07) is 17.3. The molecule has 0 aromatic heterocycles. The van der Waals surface area contributed by atoms with E-state index in [9.17, 15) is 19.5 Å². The van der Waals surface area contributed by atoms with Gasteiger partial charge in [-0.05, 0) is 78.6 Å². The van der Waals surface area contributed by atoms with Gasteiger partial charge in [-0.1, -0.05) is 26.0 Å². The SMILES string of the molecule is COC(=O)c1ccc(N2C(=O)C(=O)/C(=C(\O)c3ccc(OCC(C)C)c(C)c3)C2c2cccc(OC)c2)cc1. The third-order valence-electron chi connectivity index (χ3n) is 6.44. The van der Waals surface area contributed by atoms with E-state index in [0.29, 0.717) is 46.4 Å². The van der Waals surface area contributed by atoms with Crippen LogP contribution in [-0.2, 0) is 14.3 Å². The number of aliphatic hydroxyl groups excluding tert-OH is 1. The van der Waals surface area contributed by atoms with Crippen molar-refractivity contribution in [3.05, 3.63) is 94.6 Å². The van der Waals surface area contributed by atoms with Gasteiger partial charge in [0.15, 0.2) is 0 Å². The molecule has 4 rings (SSSR count). The number of aliphatic hydroxyl groups is 1. The van der Waals surface area contributed by atoms with Crippen molar-refractivity contribution in [1.29, 1.82) is 0 Å². The summed E-state index contributed by atoms with van der Waals surface area (Å²) in [6.07, 6.45) is 0. The third kappa shape index (κ3) is 5.50. The van der Waals surface area contributed by atoms with Crippen LogP contribution in [0.2, 0.25) is 0 Å². The number of ketones is 1. The van der Waals surface area contributed by atoms with Crippen LogP contribution in [0.3, 0.4) is 0 Å². The number of carbonyl (C=O) groups excluding carboxylic acids is 3. The van der Waals surface area contributed by atoms with Gasteiger partial charge in [-0.3, -0.25) is 14.5 Å². The standard InChI is InChI=1S/C31H31NO7/c1-18(2)17-39-25-14-11-22(15-19(25)3)28(33)26-27(21-7-6-8-24(16-21)37-4)32(30(35)29(26)34)23-12-9-20(10-13-23)31(36)38-5/h6-16,18,27,33H,17H2,1-5H3/b28-26-. The first-order valence-corrected chi connectivity index (χ1v) is 12.5. The molecule has 0 bridgehead atoms. The summed E-state index contributed by atoms with van der Waals surface area (Å²) >= 11 is 0. The van der Waals surface area contributed by atoms with Crippen molar-refractivity contribution in [1.82, 2.24) is 0 Å². The molecular formula is C31H31NO7. The van der Waals surface area contributed by atoms with Crippen LogP contribution in [0.5, 0.6) is 11.5 Å². The van der Waals surface area contributed by atoms with E-state index in [4.69, 9.17) is 14.2 Å². The molecular weight excluding hydrogens is 498 g/mol. The molecule has 8 nitrogen and oxygen atoms in total. The summed E-state index contributed by atoms with van der Waals surface area (Å²) in [7, 11) is 2.80. The Labute approximate surface area is 227 Å². The highest BCUT2D eigenvalue weighted by atomic mass is 16.5. The summed E-state index contributed by atoms with van der Waals surface area (Å²) in [4.78, 5) is 40.1. The van der Waals surface area contributed by atoms with Crippen LogP contribution in [-0.4, -0.2) is 43.6 Å². The number of esters is 1. The zero-order valence-corrected chi connectivity index (χ0v) is 22.6. The van der Waals surface area contributed by atoms with Gasteiger partial charge in [0.25, 0.3) is 11.7 Å². The van der Waals surface area contributed by atoms with Crippen molar-refractivity contribution < 1.29 is 33.7 Å². The van der Waals surface area contributed by atoms with Crippen LogP contribution in [0.25, 0.3) is 5.76 Å². The van der Waals surface area contributed by atoms with Crippen molar-refractivity contribution in [3.63, 3.8) is 0 Å². The second-order valence-corrected chi connectivity index (χ2v) is 9.67. The van der Waals surface area contributed by atoms with Crippen LogP contribution in [0.15, 0.2) is 72.3 Å². The summed E-state index contributed by atoms with van der Waals surface area (Å²) in [5.41, 5.74) is 2.36. The van der Waals surface area contributed by atoms with E-state index in [1.165, 1.54) is 31.3 Å². The highest BCUT2D eigenvalue weighted by molar-refractivity contribution is 6.51. The number of nitrogens with zero attached hydrogens (tertiary/aromatic N) is 1. The van der Waals surface area contributed by atoms with Crippen LogP contribution in [0.4, 0.5) is 5.69 Å². The molecule has 1 unspecified atom stereocenters. The van der Waals surface area contributed by atoms with Crippen molar-refractivity contribution >= 4 is 29.1 Å². The number of anilines is 1. The smallest absolute Gasteiger partial charge is 0.337 e. The molecule has 1 amide bonds. The molecule has 39 heavy (non-hydrogen) atoms. The fourth-order valence-electron chi connectivity index (χ4n) is 4.47. The Hall–Kier alpha value is -4.59. The quantitative estimate of drug-likeness (QED) is 0.179. The minimum atomic E-state index is -0.943. The van der Waals surface area contributed by atoms with Gasteiger partial charge in [-0.2, -0.15) is 0 Å². The Morgan fingerprint density at radius 1 is 0.974 bits per heavy atom. The maximum absolute atomic E-state index is 13.5. The van der Waals surface area contributed by atoms with Gasteiger partial charge < -0.3 is 19.3 Å². The fourth-order valence-corrected chi connectivity index (χ4v) is 4.47. The minimum Gasteiger partial charge on any atom is -0.507 e. The van der Waals surface area contributed by atoms with Gasteiger partial charge in [-0.25, -0.2) is 4.79 Å². The number of carbonyl (C=O) groups is 3. The van der Waals surface area contributed by atoms with E-state index < -0.39 is 23.7 Å². The van der Waals surface area contributed by atoms with E-state index in [1.54, 1.807) is 54.6 Å². The van der Waals surface area contributed by atoms with E-state index in [-0.39, 0.29) is 11.3 Å². The Kier molecular flexibility index (Phi) is 8.04. The van der Waals surface area contributed by atoms with Crippen molar-refractivity contribution in [2.75, 3.05) is 25.7 Å². The normalized spacial score (nSPS) is 16.5. The lowest BCUT2D eigenvalue weighted by Gasteiger charge is -2.26. The summed E-state index contributed by atoms with van der Waals surface area (Å²) in [6.45, 7) is 6.50. The van der Waals surface area contributed by atoms with Crippen LogP contribution < -0.4 is 14.4 Å². The molecule has 3 aromatic carbocycles. The number of benzene rings is 3. The summed E-state index contributed by atoms with van der Waals surface area (Å²) in [5, 5.41) is 11.5. The van der Waals surface area contributed by atoms with Gasteiger partial charge in [0.1, 0.15) is 17.3 Å². The van der Waals surface area contributed by atoms with E-state index in [1.807, 2.05) is 6.92 Å². The summed E-state index contributed by atoms with van der Waals surface area (Å²) in [5.74, 6) is -0.896. The molecule has 0 radical (unpaired) electrons. The maximum Gasteiger partial charge on any atom is 0.337 e. The van der Waals surface area contributed by atoms with Crippen LogP contribution >= 0.6 is 0 Å². The molecule has 8 heteroatoms. The number of aryl methyl sites for hydroxylation is 1. The fraction of sp³-hybridized carbons (Fsp3) is 0.258. The van der Waals surface area contributed by atoms with Crippen molar-refractivity contribution in [2.24, 2.45) is 5.92 Å². The first-order chi connectivity index (χ1) is 18.7. The second-order valence-electron chi connectivity index (χ2n) is 9.67. The van der Waals surface area contributed by atoms with Gasteiger partial charge in [-0.15, -0.1) is 0 Å². The number of hydrogen-bond donors (Lipinski definition) is 1. The average Bonchev–Trinajstić information content (AvgIpc) is 3.21. The number of amides is 1. The van der Waals surface area contributed by atoms with Crippen LogP contribution in [0.1, 0.15) is 46.9 Å². The lowest BCUT2D eigenvalue weighted by atomic mass is 9.94. The topological polar surface area (TPSA) is 102 Å². The molecule has 1 atom stereocenters. The molecule has 0 spiro atoms. The molecule has 0 saturated carbocycles. The lowest BCUT2D eigenvalue weighted by molar-refractivity contribution is -0.132. The minimum absolute atomic E-state index is 0.0550. The van der Waals surface area contributed by atoms with Gasteiger partial charge in [0.05, 0.1) is 38.0 Å². The second kappa shape index (κ2) is 11.4. The highest BCUT2D eigenvalue weighted by Crippen LogP contribution is 2.43. The Balaban J connectivity index is 1.85. The molecule has 202 valence electrons. The largest absolute Gasteiger partial charge is 0.507 e. The van der Waals surface area contributed by atoms with Gasteiger partial charge in [0, 0.05) is 11.3 Å². The number of ether oxygens (including phenoxy) is 3. The lowest BCUT2D eigenvalue weighted by Crippen LogP contribution is -2.29. The Morgan fingerprint density at radius 2 is 1.67 bits per heavy atom. The zero-order chi connectivity index (χ0) is 28.3. The Morgan fingerprint density at radius 3 is 2.28 bits per heavy atom. The zero-order valence-electron chi connectivity index (χ0n) is 22.6. The molecule has 1 aliphatic rings. The molecule has 1 aliphatic heterocycles. The van der Waals surface area contributed by atoms with E-state index in [2.05, 4.69) is 13.8 Å². The molecule has 1 saturated heterocycles. The number of methoxy groups -OCH3 is 2. The summed E-state index contributed by atoms with van der Waals surface area (Å²) < 4.78 is 16.0. The first-order valence-electron chi connectivity index (χ1n) is 12.5. The predicted molar refractivity (Wildman–Crippen MR) is 147 cm³/mol. The van der Waals surface area contributed by atoms with Gasteiger partial charge >= 0.3 is 5.97 Å². The van der Waals surface area contributed by atoms with Crippen molar-refractivity contribution in [2.45, 2.75) is 26.8 Å². The van der Waals surface area contributed by atoms with Crippen LogP contribution in [0, 0.1) is 12.8 Å². The molecule has 1 N–H and O–H groups in total. The number of rotatable bonds is 8. The number of Topliss-reactive ketones (excluding diaryl/α,β-unsaturated/α-hetero) is 1. The Bertz CT molecular complexity index is 1440. The molecule has 0 aliphatic carbocycles. The van der Waals surface area contributed by atoms with E-state index >= 15 is 0 Å². The predicted octanol–water partition coefficient (Wildman–Crippen LogP) is 5.45. The highest BCUT2D eigenvalue weighted by Gasteiger charge is 2.47. The average molecular weight is 530 g/mol. The van der Waals surface area contributed by atoms with Crippen molar-refractivity contribution in [3.8, 4) is 11.5 Å². The molecule has 1 heterocycles. The van der Waals surface area contributed by atoms with Gasteiger partial charge in [0.2, 0.25) is 0 Å². The number of hydrogen-bond acceptors (Lipinski definition) is 7. The maximum atomic E-state index is 13.5.